The van der Waals surface area contributed by atoms with Crippen LogP contribution in [0.25, 0.3) is 0 Å². The molecule has 0 aromatic carbocycles. The molecule has 48 heavy (non-hydrogen) atoms. The summed E-state index contributed by atoms with van der Waals surface area (Å²) in [6.45, 7) is 8.89. The van der Waals surface area contributed by atoms with Crippen LogP contribution in [0.2, 0.25) is 0 Å². The Bertz CT molecular complexity index is 824. The highest BCUT2D eigenvalue weighted by Gasteiger charge is 2.23. The molecule has 8 nitrogen and oxygen atoms in total. The van der Waals surface area contributed by atoms with Crippen molar-refractivity contribution in [1.82, 2.24) is 9.55 Å². The van der Waals surface area contributed by atoms with Crippen molar-refractivity contribution in [3.05, 3.63) is 18.7 Å². The van der Waals surface area contributed by atoms with Crippen LogP contribution < -0.4 is 5.73 Å². The van der Waals surface area contributed by atoms with Crippen LogP contribution in [0.15, 0.2) is 18.7 Å². The van der Waals surface area contributed by atoms with Gasteiger partial charge in [0.1, 0.15) is 12.4 Å². The predicted octanol–water partition coefficient (Wildman–Crippen LogP) is 9.86. The van der Waals surface area contributed by atoms with E-state index in [4.69, 9.17) is 15.2 Å². The fourth-order valence-electron chi connectivity index (χ4n) is 5.39. The zero-order chi connectivity index (χ0) is 35.3. The molecule has 0 radical (unpaired) electrons. The Kier molecular flexibility index (Phi) is 35.0. The lowest BCUT2D eigenvalue weighted by molar-refractivity contribution is -0.154. The number of esters is 2. The number of hydrogen-bond donors (Lipinski definition) is 1. The molecule has 1 rings (SSSR count). The number of carbonyl (C=O) groups excluding carboxylic acids is 3. The van der Waals surface area contributed by atoms with Gasteiger partial charge in [-0.25, -0.2) is 4.98 Å². The van der Waals surface area contributed by atoms with E-state index < -0.39 is 5.92 Å². The highest BCUT2D eigenvalue weighted by atomic mass is 32.2. The Balaban J connectivity index is 0.00000209. The second-order valence-electron chi connectivity index (χ2n) is 13.0. The largest absolute Gasteiger partial charge is 0.466 e. The molecule has 1 unspecified atom stereocenters. The van der Waals surface area contributed by atoms with Crippen LogP contribution in [-0.2, 0) is 30.4 Å². The Morgan fingerprint density at radius 1 is 0.812 bits per heavy atom. The normalized spacial score (nSPS) is 11.6. The Morgan fingerprint density at radius 3 is 1.90 bits per heavy atom. The van der Waals surface area contributed by atoms with E-state index in [1.165, 1.54) is 102 Å². The van der Waals surface area contributed by atoms with Crippen molar-refractivity contribution in [3.63, 3.8) is 0 Å². The van der Waals surface area contributed by atoms with Crippen LogP contribution in [0, 0.1) is 5.92 Å². The number of aldehydes is 1. The number of nitrogens with two attached hydrogens (primary N) is 1. The molecule has 0 saturated carbocycles. The third kappa shape index (κ3) is 30.2. The summed E-state index contributed by atoms with van der Waals surface area (Å²) in [7, 11) is 0. The lowest BCUT2D eigenvalue weighted by Gasteiger charge is -2.21. The number of nitrogens with zero attached hydrogens (tertiary/aromatic N) is 2. The molecule has 1 aromatic heterocycles. The number of carbonyl (C=O) groups is 3. The van der Waals surface area contributed by atoms with Gasteiger partial charge >= 0.3 is 11.9 Å². The summed E-state index contributed by atoms with van der Waals surface area (Å²) >= 11 is 1.54. The number of rotatable bonds is 33. The molecule has 1 aromatic rings. The van der Waals surface area contributed by atoms with Gasteiger partial charge in [0, 0.05) is 36.9 Å². The number of ether oxygens (including phenoxy) is 2. The first kappa shape index (κ1) is 46.1. The molecule has 2 N–H and O–H groups in total. The lowest BCUT2D eigenvalue weighted by Crippen LogP contribution is -2.26. The molecule has 0 spiro atoms. The van der Waals surface area contributed by atoms with E-state index >= 15 is 0 Å². The van der Waals surface area contributed by atoms with Gasteiger partial charge in [-0.3, -0.25) is 9.59 Å². The maximum Gasteiger partial charge on any atom is 0.310 e. The molecule has 1 atom stereocenters. The number of hydrogen-bond acceptors (Lipinski definition) is 8. The van der Waals surface area contributed by atoms with Crippen molar-refractivity contribution in [3.8, 4) is 0 Å². The molecule has 0 bridgehead atoms. The fourth-order valence-corrected chi connectivity index (χ4v) is 6.42. The number of aromatic nitrogens is 2. The summed E-state index contributed by atoms with van der Waals surface area (Å²) in [4.78, 5) is 40.2. The number of aryl methyl sites for hydroxylation is 1. The van der Waals surface area contributed by atoms with E-state index in [1.807, 2.05) is 10.8 Å². The third-order valence-electron chi connectivity index (χ3n) is 8.47. The SMILES string of the molecule is CCCCCCCCOC(=O)CCSCC(CC=O)C(=O)OC(CCCCCCCC)CCCCCCCC.NCCCn1ccnc1. The Labute approximate surface area is 298 Å². The first-order valence-corrected chi connectivity index (χ1v) is 20.7. The molecule has 0 amide bonds. The molecule has 9 heteroatoms. The molecule has 280 valence electrons. The van der Waals surface area contributed by atoms with Gasteiger partial charge in [-0.2, -0.15) is 11.8 Å². The van der Waals surface area contributed by atoms with Crippen LogP contribution in [-0.4, -0.2) is 58.5 Å². The summed E-state index contributed by atoms with van der Waals surface area (Å²) in [5, 5.41) is 0. The van der Waals surface area contributed by atoms with E-state index in [2.05, 4.69) is 25.8 Å². The van der Waals surface area contributed by atoms with Gasteiger partial charge in [0.05, 0.1) is 25.3 Å². The van der Waals surface area contributed by atoms with Gasteiger partial charge in [-0.05, 0) is 45.1 Å². The van der Waals surface area contributed by atoms with Crippen LogP contribution in [0.5, 0.6) is 0 Å². The maximum absolute atomic E-state index is 13.0. The van der Waals surface area contributed by atoms with Crippen molar-refractivity contribution >= 4 is 30.0 Å². The quantitative estimate of drug-likeness (QED) is 0.0439. The molecule has 0 fully saturated rings. The van der Waals surface area contributed by atoms with Crippen molar-refractivity contribution in [1.29, 1.82) is 0 Å². The van der Waals surface area contributed by atoms with Crippen molar-refractivity contribution in [2.45, 2.75) is 181 Å². The molecule has 0 aliphatic rings. The zero-order valence-electron chi connectivity index (χ0n) is 31.2. The number of thioether (sulfide) groups is 1. The van der Waals surface area contributed by atoms with Gasteiger partial charge in [0.25, 0.3) is 0 Å². The van der Waals surface area contributed by atoms with Crippen LogP contribution >= 0.6 is 11.8 Å². The number of imidazole rings is 1. The van der Waals surface area contributed by atoms with Gasteiger partial charge in [0.2, 0.25) is 0 Å². The smallest absolute Gasteiger partial charge is 0.310 e. The van der Waals surface area contributed by atoms with E-state index in [-0.39, 0.29) is 24.5 Å². The standard InChI is InChI=1S/C33H62O5S.C6H11N3/c1-4-7-10-13-16-19-22-31(23-20-17-14-11-8-5-2)38-33(36)30(24-26-34)29-39-28-25-32(35)37-27-21-18-15-12-9-6-3;7-2-1-4-9-5-3-8-6-9/h26,30-31H,4-25,27-29H2,1-3H3;3,5-6H,1-2,4,7H2. The van der Waals surface area contributed by atoms with E-state index in [1.54, 1.807) is 12.5 Å². The summed E-state index contributed by atoms with van der Waals surface area (Å²) in [6.07, 6.45) is 31.3. The second-order valence-corrected chi connectivity index (χ2v) is 14.2. The molecule has 1 heterocycles. The van der Waals surface area contributed by atoms with Crippen molar-refractivity contribution in [2.75, 3.05) is 24.7 Å². The first-order valence-electron chi connectivity index (χ1n) is 19.5. The minimum absolute atomic E-state index is 0.0500. The van der Waals surface area contributed by atoms with E-state index in [0.717, 1.165) is 64.3 Å². The summed E-state index contributed by atoms with van der Waals surface area (Å²) in [5.41, 5.74) is 5.31. The average molecular weight is 696 g/mol. The third-order valence-corrected chi connectivity index (χ3v) is 9.60. The van der Waals surface area contributed by atoms with Gasteiger partial charge < -0.3 is 24.6 Å². The Hall–Kier alpha value is -1.87. The van der Waals surface area contributed by atoms with Gasteiger partial charge in [-0.15, -0.1) is 0 Å². The molecule has 0 aliphatic carbocycles. The fraction of sp³-hybridized carbons (Fsp3) is 0.846. The summed E-state index contributed by atoms with van der Waals surface area (Å²) < 4.78 is 13.4. The maximum atomic E-state index is 13.0. The summed E-state index contributed by atoms with van der Waals surface area (Å²) in [5.74, 6) is 0.230. The molecular weight excluding hydrogens is 623 g/mol. The molecular formula is C39H73N3O5S. The van der Waals surface area contributed by atoms with E-state index in [0.29, 0.717) is 24.5 Å². The summed E-state index contributed by atoms with van der Waals surface area (Å²) in [6, 6.07) is 0. The lowest BCUT2D eigenvalue weighted by atomic mass is 10.0. The highest BCUT2D eigenvalue weighted by molar-refractivity contribution is 7.99. The van der Waals surface area contributed by atoms with Crippen LogP contribution in [0.1, 0.15) is 168 Å². The molecule has 0 aliphatic heterocycles. The van der Waals surface area contributed by atoms with E-state index in [9.17, 15) is 14.4 Å². The minimum atomic E-state index is -0.441. The molecule has 0 saturated heterocycles. The van der Waals surface area contributed by atoms with Crippen molar-refractivity contribution < 1.29 is 23.9 Å². The Morgan fingerprint density at radius 2 is 1.38 bits per heavy atom. The highest BCUT2D eigenvalue weighted by Crippen LogP contribution is 2.21. The second kappa shape index (κ2) is 36.4. The average Bonchev–Trinajstić information content (AvgIpc) is 3.61. The topological polar surface area (TPSA) is 114 Å². The van der Waals surface area contributed by atoms with Crippen LogP contribution in [0.4, 0.5) is 0 Å². The predicted molar refractivity (Wildman–Crippen MR) is 202 cm³/mol. The monoisotopic (exact) mass is 696 g/mol. The van der Waals surface area contributed by atoms with Crippen LogP contribution in [0.3, 0.4) is 0 Å². The van der Waals surface area contributed by atoms with Crippen molar-refractivity contribution in [2.24, 2.45) is 11.7 Å². The minimum Gasteiger partial charge on any atom is -0.466 e. The number of unbranched alkanes of at least 4 members (excludes halogenated alkanes) is 15. The first-order chi connectivity index (χ1) is 23.5. The zero-order valence-corrected chi connectivity index (χ0v) is 32.0. The van der Waals surface area contributed by atoms with Gasteiger partial charge in [-0.1, -0.05) is 117 Å². The van der Waals surface area contributed by atoms with Gasteiger partial charge in [0.15, 0.2) is 0 Å².